The smallest absolute Gasteiger partial charge is 0.325 e. The van der Waals surface area contributed by atoms with E-state index >= 15 is 0 Å². The highest BCUT2D eigenvalue weighted by Crippen LogP contribution is 2.29. The third kappa shape index (κ3) is 11.2. The van der Waals surface area contributed by atoms with Gasteiger partial charge in [-0.05, 0) is 54.2 Å². The molecule has 2 heterocycles. The van der Waals surface area contributed by atoms with Gasteiger partial charge in [0.05, 0.1) is 11.5 Å². The van der Waals surface area contributed by atoms with Crippen LogP contribution in [-0.2, 0) is 21.4 Å². The number of thiophene rings is 1. The highest BCUT2D eigenvalue weighted by Gasteiger charge is 2.26. The van der Waals surface area contributed by atoms with Gasteiger partial charge in [0.1, 0.15) is 17.8 Å². The number of ether oxygens (including phenoxy) is 1. The number of nitrogens with zero attached hydrogens (tertiary/aromatic N) is 2. The SMILES string of the molecule is CCCCCCCCOc1ccc(-c2cnc(-c3ccc(CC(NC(=O)c4ccc(C(C)(C)C)s4)C(=O)NC(C)C(=O)O)cc3)nc2)cc1. The van der Waals surface area contributed by atoms with Crippen molar-refractivity contribution in [1.29, 1.82) is 0 Å². The first-order valence-corrected chi connectivity index (χ1v) is 17.8. The molecule has 2 unspecified atom stereocenters. The molecule has 2 atom stereocenters. The minimum absolute atomic E-state index is 0.115. The lowest BCUT2D eigenvalue weighted by molar-refractivity contribution is -0.141. The van der Waals surface area contributed by atoms with Crippen molar-refractivity contribution in [3.63, 3.8) is 0 Å². The molecular formula is C39H48N4O5S. The average molecular weight is 685 g/mol. The number of nitrogens with one attached hydrogen (secondary N) is 2. The molecular weight excluding hydrogens is 637 g/mol. The van der Waals surface area contributed by atoms with E-state index in [-0.39, 0.29) is 17.7 Å². The molecule has 10 heteroatoms. The number of benzene rings is 2. The van der Waals surface area contributed by atoms with E-state index in [1.807, 2.05) is 54.6 Å². The molecule has 3 N–H and O–H groups in total. The first kappa shape index (κ1) is 37.3. The Morgan fingerprint density at radius 3 is 2.06 bits per heavy atom. The Bertz CT molecular complexity index is 1660. The molecule has 0 fully saturated rings. The van der Waals surface area contributed by atoms with E-state index in [9.17, 15) is 19.5 Å². The Hall–Kier alpha value is -4.57. The minimum atomic E-state index is -1.16. The van der Waals surface area contributed by atoms with Crippen LogP contribution in [0.25, 0.3) is 22.5 Å². The second-order valence-corrected chi connectivity index (χ2v) is 14.4. The molecule has 49 heavy (non-hydrogen) atoms. The fourth-order valence-corrected chi connectivity index (χ4v) is 6.11. The van der Waals surface area contributed by atoms with E-state index in [2.05, 4.69) is 48.3 Å². The molecule has 260 valence electrons. The molecule has 0 aliphatic carbocycles. The molecule has 0 aliphatic heterocycles. The van der Waals surface area contributed by atoms with Crippen LogP contribution in [0.2, 0.25) is 0 Å². The summed E-state index contributed by atoms with van der Waals surface area (Å²) in [6.07, 6.45) is 11.1. The normalized spacial score (nSPS) is 12.6. The van der Waals surface area contributed by atoms with Gasteiger partial charge in [0.15, 0.2) is 5.82 Å². The fourth-order valence-electron chi connectivity index (χ4n) is 5.15. The van der Waals surface area contributed by atoms with Crippen molar-refractivity contribution in [1.82, 2.24) is 20.6 Å². The number of carbonyl (C=O) groups is 3. The Morgan fingerprint density at radius 1 is 0.816 bits per heavy atom. The molecule has 9 nitrogen and oxygen atoms in total. The lowest BCUT2D eigenvalue weighted by Crippen LogP contribution is -2.51. The molecule has 0 spiro atoms. The van der Waals surface area contributed by atoms with E-state index < -0.39 is 24.0 Å². The summed E-state index contributed by atoms with van der Waals surface area (Å²) in [5, 5.41) is 14.6. The van der Waals surface area contributed by atoms with Crippen LogP contribution >= 0.6 is 11.3 Å². The standard InChI is InChI=1S/C39H48N4O5S/c1-6-7-8-9-10-11-22-48-31-18-16-28(17-19-31)30-24-40-35(41-25-30)29-14-12-27(13-15-29)23-32(36(44)42-26(2)38(46)47)43-37(45)33-20-21-34(49-33)39(3,4)5/h12-21,24-26,32H,6-11,22-23H2,1-5H3,(H,42,44)(H,43,45)(H,46,47). The number of hydrogen-bond acceptors (Lipinski definition) is 7. The van der Waals surface area contributed by atoms with Gasteiger partial charge in [0.25, 0.3) is 5.91 Å². The van der Waals surface area contributed by atoms with Gasteiger partial charge in [-0.25, -0.2) is 9.97 Å². The summed E-state index contributed by atoms with van der Waals surface area (Å²) in [4.78, 5) is 48.4. The first-order valence-electron chi connectivity index (χ1n) is 17.0. The van der Waals surface area contributed by atoms with E-state index in [0.717, 1.165) is 45.9 Å². The van der Waals surface area contributed by atoms with Crippen LogP contribution in [0.3, 0.4) is 0 Å². The van der Waals surface area contributed by atoms with Crippen LogP contribution in [0.1, 0.15) is 93.3 Å². The first-order chi connectivity index (χ1) is 23.4. The molecule has 0 saturated carbocycles. The van der Waals surface area contributed by atoms with E-state index in [4.69, 9.17) is 4.74 Å². The van der Waals surface area contributed by atoms with Gasteiger partial charge in [-0.1, -0.05) is 96.2 Å². The average Bonchev–Trinajstić information content (AvgIpc) is 3.60. The lowest BCUT2D eigenvalue weighted by atomic mass is 9.95. The van der Waals surface area contributed by atoms with Gasteiger partial charge in [0.2, 0.25) is 5.91 Å². The van der Waals surface area contributed by atoms with Crippen LogP contribution in [0.5, 0.6) is 5.75 Å². The highest BCUT2D eigenvalue weighted by molar-refractivity contribution is 7.14. The van der Waals surface area contributed by atoms with Crippen LogP contribution in [-0.4, -0.2) is 51.5 Å². The third-order valence-electron chi connectivity index (χ3n) is 8.18. The molecule has 2 aromatic heterocycles. The number of carboxylic acids is 1. The van der Waals surface area contributed by atoms with E-state index in [0.29, 0.717) is 10.7 Å². The quantitative estimate of drug-likeness (QED) is 0.0966. The van der Waals surface area contributed by atoms with Crippen molar-refractivity contribution in [2.75, 3.05) is 6.61 Å². The van der Waals surface area contributed by atoms with Gasteiger partial charge >= 0.3 is 5.97 Å². The molecule has 0 radical (unpaired) electrons. The Labute approximate surface area is 293 Å². The van der Waals surface area contributed by atoms with Gasteiger partial charge < -0.3 is 20.5 Å². The van der Waals surface area contributed by atoms with Gasteiger partial charge in [-0.15, -0.1) is 11.3 Å². The zero-order valence-corrected chi connectivity index (χ0v) is 29.9. The summed E-state index contributed by atoms with van der Waals surface area (Å²) in [5.74, 6) is -0.710. The molecule has 0 bridgehead atoms. The molecule has 2 aromatic carbocycles. The van der Waals surface area contributed by atoms with Crippen molar-refractivity contribution < 1.29 is 24.2 Å². The van der Waals surface area contributed by atoms with Crippen molar-refractivity contribution in [2.45, 2.75) is 97.1 Å². The minimum Gasteiger partial charge on any atom is -0.494 e. The van der Waals surface area contributed by atoms with Crippen LogP contribution in [0.4, 0.5) is 0 Å². The summed E-state index contributed by atoms with van der Waals surface area (Å²) in [5.41, 5.74) is 3.35. The molecule has 2 amide bonds. The zero-order chi connectivity index (χ0) is 35.4. The van der Waals surface area contributed by atoms with Crippen LogP contribution in [0, 0.1) is 0 Å². The van der Waals surface area contributed by atoms with Crippen LogP contribution in [0.15, 0.2) is 73.1 Å². The second-order valence-electron chi connectivity index (χ2n) is 13.3. The maximum Gasteiger partial charge on any atom is 0.325 e. The van der Waals surface area contributed by atoms with E-state index in [1.165, 1.54) is 50.4 Å². The number of carbonyl (C=O) groups excluding carboxylic acids is 2. The number of rotatable bonds is 17. The summed E-state index contributed by atoms with van der Waals surface area (Å²) >= 11 is 1.37. The fraction of sp³-hybridized carbons (Fsp3) is 0.410. The maximum absolute atomic E-state index is 13.2. The lowest BCUT2D eigenvalue weighted by Gasteiger charge is -2.20. The summed E-state index contributed by atoms with van der Waals surface area (Å²) in [6, 6.07) is 17.0. The predicted molar refractivity (Wildman–Crippen MR) is 195 cm³/mol. The van der Waals surface area contributed by atoms with Crippen molar-refractivity contribution in [3.05, 3.63) is 88.4 Å². The van der Waals surface area contributed by atoms with Crippen molar-refractivity contribution >= 4 is 29.1 Å². The van der Waals surface area contributed by atoms with E-state index in [1.54, 1.807) is 18.5 Å². The topological polar surface area (TPSA) is 131 Å². The highest BCUT2D eigenvalue weighted by atomic mass is 32.1. The molecule has 4 rings (SSSR count). The molecule has 4 aromatic rings. The van der Waals surface area contributed by atoms with Crippen molar-refractivity contribution in [3.8, 4) is 28.3 Å². The monoisotopic (exact) mass is 684 g/mol. The van der Waals surface area contributed by atoms with Gasteiger partial charge in [-0.3, -0.25) is 14.4 Å². The summed E-state index contributed by atoms with van der Waals surface area (Å²) in [7, 11) is 0. The number of unbranched alkanes of at least 4 members (excludes halogenated alkanes) is 5. The maximum atomic E-state index is 13.2. The second kappa shape index (κ2) is 17.7. The number of aliphatic carboxylic acids is 1. The van der Waals surface area contributed by atoms with Gasteiger partial charge in [0, 0.05) is 34.8 Å². The largest absolute Gasteiger partial charge is 0.494 e. The van der Waals surface area contributed by atoms with Crippen LogP contribution < -0.4 is 15.4 Å². The summed E-state index contributed by atoms with van der Waals surface area (Å²) < 4.78 is 5.91. The predicted octanol–water partition coefficient (Wildman–Crippen LogP) is 7.84. The Morgan fingerprint density at radius 2 is 1.45 bits per heavy atom. The number of amides is 2. The Kier molecular flexibility index (Phi) is 13.5. The number of carboxylic acid groups (broad SMARTS) is 1. The molecule has 0 saturated heterocycles. The van der Waals surface area contributed by atoms with Crippen molar-refractivity contribution in [2.24, 2.45) is 0 Å². The zero-order valence-electron chi connectivity index (χ0n) is 29.1. The Balaban J connectivity index is 1.38. The molecule has 0 aliphatic rings. The van der Waals surface area contributed by atoms with Gasteiger partial charge in [-0.2, -0.15) is 0 Å². The number of hydrogen-bond donors (Lipinski definition) is 3. The summed E-state index contributed by atoms with van der Waals surface area (Å²) in [6.45, 7) is 10.5. The number of aromatic nitrogens is 2. The third-order valence-corrected chi connectivity index (χ3v) is 9.69.